The Balaban J connectivity index is 0.00000225. The van der Waals surface area contributed by atoms with Crippen molar-refractivity contribution < 1.29 is 9.59 Å². The number of nitrogens with one attached hydrogen (secondary N) is 1. The third kappa shape index (κ3) is 6.12. The fourth-order valence-corrected chi connectivity index (χ4v) is 4.09. The average molecular weight is 373 g/mol. The van der Waals surface area contributed by atoms with E-state index in [1.54, 1.807) is 0 Å². The highest BCUT2D eigenvalue weighted by Crippen LogP contribution is 2.21. The first-order valence-electron chi connectivity index (χ1n) is 9.71. The zero-order valence-electron chi connectivity index (χ0n) is 15.3. The van der Waals surface area contributed by atoms with E-state index in [1.807, 2.05) is 4.90 Å². The molecule has 3 fully saturated rings. The van der Waals surface area contributed by atoms with Crippen LogP contribution in [0.1, 0.15) is 38.5 Å². The SMILES string of the molecule is Cl.O=C(CCN1CCC(CN2CCCCC2=O)CC1)N1CCNCC1. The van der Waals surface area contributed by atoms with Crippen molar-refractivity contribution >= 4 is 24.2 Å². The molecule has 0 atom stereocenters. The first-order valence-corrected chi connectivity index (χ1v) is 9.71. The van der Waals surface area contributed by atoms with Crippen molar-refractivity contribution in [2.45, 2.75) is 38.5 Å². The van der Waals surface area contributed by atoms with E-state index in [-0.39, 0.29) is 12.4 Å². The molecule has 7 heteroatoms. The zero-order chi connectivity index (χ0) is 16.8. The van der Waals surface area contributed by atoms with Gasteiger partial charge >= 0.3 is 0 Å². The van der Waals surface area contributed by atoms with Gasteiger partial charge < -0.3 is 20.0 Å². The van der Waals surface area contributed by atoms with Crippen LogP contribution in [0.4, 0.5) is 0 Å². The molecule has 0 aromatic rings. The predicted molar refractivity (Wildman–Crippen MR) is 101 cm³/mol. The van der Waals surface area contributed by atoms with Gasteiger partial charge in [-0.1, -0.05) is 0 Å². The quantitative estimate of drug-likeness (QED) is 0.780. The molecule has 0 saturated carbocycles. The fraction of sp³-hybridized carbons (Fsp3) is 0.889. The van der Waals surface area contributed by atoms with Crippen LogP contribution in [-0.2, 0) is 9.59 Å². The van der Waals surface area contributed by atoms with Gasteiger partial charge in [-0.05, 0) is 44.7 Å². The van der Waals surface area contributed by atoms with Gasteiger partial charge in [0, 0.05) is 58.7 Å². The summed E-state index contributed by atoms with van der Waals surface area (Å²) in [6.07, 6.45) is 5.94. The molecule has 3 saturated heterocycles. The Bertz CT molecular complexity index is 435. The predicted octanol–water partition coefficient (Wildman–Crippen LogP) is 0.955. The van der Waals surface area contributed by atoms with Gasteiger partial charge in [-0.15, -0.1) is 12.4 Å². The second-order valence-corrected chi connectivity index (χ2v) is 7.46. The number of hydrogen-bond donors (Lipinski definition) is 1. The number of piperazine rings is 1. The van der Waals surface area contributed by atoms with Crippen LogP contribution in [-0.4, -0.2) is 85.4 Å². The topological polar surface area (TPSA) is 55.9 Å². The molecule has 3 aliphatic heterocycles. The van der Waals surface area contributed by atoms with Crippen molar-refractivity contribution in [2.24, 2.45) is 5.92 Å². The van der Waals surface area contributed by atoms with Crippen LogP contribution in [0.25, 0.3) is 0 Å². The lowest BCUT2D eigenvalue weighted by Gasteiger charge is -2.36. The standard InChI is InChI=1S/C18H32N4O2.ClH/c23-17-3-1-2-9-22(17)15-16-4-10-20(11-5-16)12-6-18(24)21-13-7-19-8-14-21;/h16,19H,1-15H2;1H. The Hall–Kier alpha value is -0.850. The van der Waals surface area contributed by atoms with E-state index in [4.69, 9.17) is 0 Å². The lowest BCUT2D eigenvalue weighted by molar-refractivity contribution is -0.134. The molecular weight excluding hydrogens is 340 g/mol. The average Bonchev–Trinajstić information content (AvgIpc) is 2.63. The van der Waals surface area contributed by atoms with Crippen molar-refractivity contribution in [1.82, 2.24) is 20.0 Å². The van der Waals surface area contributed by atoms with Crippen LogP contribution in [0.2, 0.25) is 0 Å². The Morgan fingerprint density at radius 1 is 1.04 bits per heavy atom. The maximum Gasteiger partial charge on any atom is 0.223 e. The minimum absolute atomic E-state index is 0. The van der Waals surface area contributed by atoms with E-state index in [2.05, 4.69) is 15.1 Å². The molecule has 25 heavy (non-hydrogen) atoms. The minimum atomic E-state index is 0. The smallest absolute Gasteiger partial charge is 0.223 e. The molecule has 0 aliphatic carbocycles. The van der Waals surface area contributed by atoms with Crippen molar-refractivity contribution in [3.63, 3.8) is 0 Å². The Kier molecular flexibility index (Phi) is 8.46. The second-order valence-electron chi connectivity index (χ2n) is 7.46. The van der Waals surface area contributed by atoms with Crippen LogP contribution in [0.3, 0.4) is 0 Å². The number of hydrogen-bond acceptors (Lipinski definition) is 4. The van der Waals surface area contributed by atoms with Crippen molar-refractivity contribution in [1.29, 1.82) is 0 Å². The van der Waals surface area contributed by atoms with E-state index in [0.717, 1.165) is 84.6 Å². The van der Waals surface area contributed by atoms with Gasteiger partial charge in [-0.25, -0.2) is 0 Å². The molecule has 144 valence electrons. The largest absolute Gasteiger partial charge is 0.342 e. The maximum absolute atomic E-state index is 12.2. The number of nitrogens with zero attached hydrogens (tertiary/aromatic N) is 3. The maximum atomic E-state index is 12.2. The highest BCUT2D eigenvalue weighted by molar-refractivity contribution is 5.85. The number of halogens is 1. The molecule has 2 amide bonds. The highest BCUT2D eigenvalue weighted by Gasteiger charge is 2.25. The van der Waals surface area contributed by atoms with Gasteiger partial charge in [0.05, 0.1) is 0 Å². The Morgan fingerprint density at radius 3 is 2.44 bits per heavy atom. The lowest BCUT2D eigenvalue weighted by atomic mass is 9.95. The molecular formula is C18H33ClN4O2. The van der Waals surface area contributed by atoms with Crippen molar-refractivity contribution in [2.75, 3.05) is 58.9 Å². The summed E-state index contributed by atoms with van der Waals surface area (Å²) in [5, 5.41) is 3.28. The Labute approximate surface area is 157 Å². The fourth-order valence-electron chi connectivity index (χ4n) is 4.09. The van der Waals surface area contributed by atoms with Crippen LogP contribution in [0.15, 0.2) is 0 Å². The molecule has 3 heterocycles. The number of likely N-dealkylation sites (tertiary alicyclic amines) is 2. The molecule has 3 rings (SSSR count). The van der Waals surface area contributed by atoms with Crippen molar-refractivity contribution in [3.05, 3.63) is 0 Å². The summed E-state index contributed by atoms with van der Waals surface area (Å²) in [6.45, 7) is 8.49. The van der Waals surface area contributed by atoms with E-state index < -0.39 is 0 Å². The van der Waals surface area contributed by atoms with E-state index in [0.29, 0.717) is 24.2 Å². The molecule has 1 N–H and O–H groups in total. The van der Waals surface area contributed by atoms with Crippen LogP contribution in [0.5, 0.6) is 0 Å². The van der Waals surface area contributed by atoms with Gasteiger partial charge in [-0.2, -0.15) is 0 Å². The third-order valence-corrected chi connectivity index (χ3v) is 5.72. The van der Waals surface area contributed by atoms with E-state index in [1.165, 1.54) is 6.42 Å². The Morgan fingerprint density at radius 2 is 1.76 bits per heavy atom. The molecule has 3 aliphatic rings. The van der Waals surface area contributed by atoms with Gasteiger partial charge in [-0.3, -0.25) is 9.59 Å². The molecule has 0 bridgehead atoms. The summed E-state index contributed by atoms with van der Waals surface area (Å²) >= 11 is 0. The zero-order valence-corrected chi connectivity index (χ0v) is 16.1. The summed E-state index contributed by atoms with van der Waals surface area (Å²) < 4.78 is 0. The number of carbonyl (C=O) groups is 2. The molecule has 0 spiro atoms. The summed E-state index contributed by atoms with van der Waals surface area (Å²) in [5.74, 6) is 1.30. The number of amides is 2. The minimum Gasteiger partial charge on any atom is -0.342 e. The first-order chi connectivity index (χ1) is 11.7. The molecule has 6 nitrogen and oxygen atoms in total. The van der Waals surface area contributed by atoms with Gasteiger partial charge in [0.2, 0.25) is 11.8 Å². The van der Waals surface area contributed by atoms with Crippen LogP contribution >= 0.6 is 12.4 Å². The highest BCUT2D eigenvalue weighted by atomic mass is 35.5. The molecule has 0 aromatic heterocycles. The normalized spacial score (nSPS) is 23.4. The first kappa shape index (κ1) is 20.5. The number of rotatable bonds is 5. The van der Waals surface area contributed by atoms with Gasteiger partial charge in [0.15, 0.2) is 0 Å². The number of carbonyl (C=O) groups excluding carboxylic acids is 2. The second kappa shape index (κ2) is 10.3. The van der Waals surface area contributed by atoms with Crippen molar-refractivity contribution in [3.8, 4) is 0 Å². The van der Waals surface area contributed by atoms with Gasteiger partial charge in [0.1, 0.15) is 0 Å². The number of piperidine rings is 2. The third-order valence-electron chi connectivity index (χ3n) is 5.72. The van der Waals surface area contributed by atoms with Crippen LogP contribution in [0, 0.1) is 5.92 Å². The van der Waals surface area contributed by atoms with Crippen LogP contribution < -0.4 is 5.32 Å². The summed E-state index contributed by atoms with van der Waals surface area (Å²) in [5.41, 5.74) is 0. The monoisotopic (exact) mass is 372 g/mol. The van der Waals surface area contributed by atoms with E-state index in [9.17, 15) is 9.59 Å². The summed E-state index contributed by atoms with van der Waals surface area (Å²) in [6, 6.07) is 0. The summed E-state index contributed by atoms with van der Waals surface area (Å²) in [4.78, 5) is 30.7. The summed E-state index contributed by atoms with van der Waals surface area (Å²) in [7, 11) is 0. The van der Waals surface area contributed by atoms with Gasteiger partial charge in [0.25, 0.3) is 0 Å². The molecule has 0 unspecified atom stereocenters. The van der Waals surface area contributed by atoms with E-state index >= 15 is 0 Å². The molecule has 0 aromatic carbocycles. The molecule has 0 radical (unpaired) electrons. The lowest BCUT2D eigenvalue weighted by Crippen LogP contribution is -2.47.